The first kappa shape index (κ1) is 11.8. The topological polar surface area (TPSA) is 41.5 Å². The molecule has 0 aromatic heterocycles. The Morgan fingerprint density at radius 3 is 2.59 bits per heavy atom. The summed E-state index contributed by atoms with van der Waals surface area (Å²) in [5.41, 5.74) is 3.63. The van der Waals surface area contributed by atoms with Gasteiger partial charge in [-0.2, -0.15) is 5.10 Å². The first-order valence-corrected chi connectivity index (χ1v) is 6.24. The summed E-state index contributed by atoms with van der Waals surface area (Å²) in [6.07, 6.45) is 7.29. The summed E-state index contributed by atoms with van der Waals surface area (Å²) < 4.78 is 0. The van der Waals surface area contributed by atoms with Gasteiger partial charge < -0.3 is 0 Å². The van der Waals surface area contributed by atoms with E-state index in [1.165, 1.54) is 19.3 Å². The van der Waals surface area contributed by atoms with Gasteiger partial charge in [-0.05, 0) is 18.4 Å². The summed E-state index contributed by atoms with van der Waals surface area (Å²) in [4.78, 5) is 11.8. The molecule has 90 valence electrons. The molecule has 1 fully saturated rings. The first-order chi connectivity index (χ1) is 8.36. The number of hydrogen-bond donors (Lipinski definition) is 1. The van der Waals surface area contributed by atoms with Crippen LogP contribution in [0.4, 0.5) is 0 Å². The van der Waals surface area contributed by atoms with Crippen molar-refractivity contribution >= 4 is 12.1 Å². The lowest BCUT2D eigenvalue weighted by atomic mass is 9.89. The largest absolute Gasteiger partial charge is 0.273 e. The number of carbonyl (C=O) groups is 1. The predicted molar refractivity (Wildman–Crippen MR) is 68.8 cm³/mol. The molecule has 2 rings (SSSR count). The van der Waals surface area contributed by atoms with Crippen molar-refractivity contribution in [1.82, 2.24) is 5.43 Å². The SMILES string of the molecule is O=C(NN=Cc1ccccc1)C1CCCCC1. The number of amides is 1. The fourth-order valence-electron chi connectivity index (χ4n) is 2.17. The molecule has 0 bridgehead atoms. The highest BCUT2D eigenvalue weighted by atomic mass is 16.2. The van der Waals surface area contributed by atoms with Gasteiger partial charge in [0.05, 0.1) is 6.21 Å². The Kier molecular flexibility index (Phi) is 4.30. The molecule has 17 heavy (non-hydrogen) atoms. The van der Waals surface area contributed by atoms with Crippen LogP contribution in [0.15, 0.2) is 35.4 Å². The van der Waals surface area contributed by atoms with Gasteiger partial charge in [-0.1, -0.05) is 49.6 Å². The molecule has 1 saturated carbocycles. The van der Waals surface area contributed by atoms with Crippen molar-refractivity contribution in [3.8, 4) is 0 Å². The first-order valence-electron chi connectivity index (χ1n) is 6.24. The number of carbonyl (C=O) groups excluding carboxylic acids is 1. The quantitative estimate of drug-likeness (QED) is 0.629. The maximum atomic E-state index is 11.8. The number of rotatable bonds is 3. The van der Waals surface area contributed by atoms with Gasteiger partial charge in [-0.25, -0.2) is 5.43 Å². The molecule has 1 amide bonds. The van der Waals surface area contributed by atoms with Gasteiger partial charge in [0.2, 0.25) is 5.91 Å². The zero-order chi connectivity index (χ0) is 11.9. The molecule has 0 saturated heterocycles. The minimum absolute atomic E-state index is 0.0666. The predicted octanol–water partition coefficient (Wildman–Crippen LogP) is 2.72. The summed E-state index contributed by atoms with van der Waals surface area (Å²) >= 11 is 0. The van der Waals surface area contributed by atoms with Gasteiger partial charge >= 0.3 is 0 Å². The molecule has 1 aromatic carbocycles. The van der Waals surface area contributed by atoms with Gasteiger partial charge in [-0.3, -0.25) is 4.79 Å². The van der Waals surface area contributed by atoms with Crippen LogP contribution in [0.5, 0.6) is 0 Å². The van der Waals surface area contributed by atoms with Crippen LogP contribution in [0, 0.1) is 5.92 Å². The molecule has 0 atom stereocenters. The Morgan fingerprint density at radius 1 is 1.18 bits per heavy atom. The number of nitrogens with zero attached hydrogens (tertiary/aromatic N) is 1. The minimum atomic E-state index is 0.0666. The third-order valence-electron chi connectivity index (χ3n) is 3.16. The molecule has 1 aliphatic rings. The molecule has 1 aromatic rings. The zero-order valence-electron chi connectivity index (χ0n) is 9.93. The van der Waals surface area contributed by atoms with E-state index in [2.05, 4.69) is 10.5 Å². The van der Waals surface area contributed by atoms with Crippen LogP contribution >= 0.6 is 0 Å². The van der Waals surface area contributed by atoms with Crippen LogP contribution in [-0.2, 0) is 4.79 Å². The van der Waals surface area contributed by atoms with E-state index >= 15 is 0 Å². The van der Waals surface area contributed by atoms with E-state index in [-0.39, 0.29) is 11.8 Å². The molecule has 0 aliphatic heterocycles. The van der Waals surface area contributed by atoms with E-state index < -0.39 is 0 Å². The van der Waals surface area contributed by atoms with Crippen molar-refractivity contribution in [2.75, 3.05) is 0 Å². The molecule has 3 nitrogen and oxygen atoms in total. The van der Waals surface area contributed by atoms with Crippen molar-refractivity contribution in [2.45, 2.75) is 32.1 Å². The number of benzene rings is 1. The van der Waals surface area contributed by atoms with E-state index in [1.54, 1.807) is 6.21 Å². The Balaban J connectivity index is 1.81. The summed E-state index contributed by atoms with van der Waals surface area (Å²) in [5, 5.41) is 3.99. The molecule has 0 heterocycles. The highest BCUT2D eigenvalue weighted by Crippen LogP contribution is 2.23. The van der Waals surface area contributed by atoms with Crippen LogP contribution in [0.3, 0.4) is 0 Å². The van der Waals surface area contributed by atoms with Gasteiger partial charge in [0.1, 0.15) is 0 Å². The van der Waals surface area contributed by atoms with E-state index in [1.807, 2.05) is 30.3 Å². The standard InChI is InChI=1S/C14H18N2O/c17-14(13-9-5-2-6-10-13)16-15-11-12-7-3-1-4-8-12/h1,3-4,7-8,11,13H,2,5-6,9-10H2,(H,16,17). The second-order valence-corrected chi connectivity index (χ2v) is 4.48. The molecule has 3 heteroatoms. The highest BCUT2D eigenvalue weighted by Gasteiger charge is 2.20. The molecular formula is C14H18N2O. The van der Waals surface area contributed by atoms with Crippen molar-refractivity contribution in [2.24, 2.45) is 11.0 Å². The third kappa shape index (κ3) is 3.70. The number of hydrogen-bond acceptors (Lipinski definition) is 2. The van der Waals surface area contributed by atoms with Crippen LogP contribution in [-0.4, -0.2) is 12.1 Å². The Hall–Kier alpha value is -1.64. The molecule has 0 spiro atoms. The van der Waals surface area contributed by atoms with E-state index in [4.69, 9.17) is 0 Å². The van der Waals surface area contributed by atoms with E-state index in [0.29, 0.717) is 0 Å². The maximum absolute atomic E-state index is 11.8. The van der Waals surface area contributed by atoms with E-state index in [0.717, 1.165) is 18.4 Å². The molecule has 0 unspecified atom stereocenters. The Morgan fingerprint density at radius 2 is 1.88 bits per heavy atom. The maximum Gasteiger partial charge on any atom is 0.243 e. The summed E-state index contributed by atoms with van der Waals surface area (Å²) in [6.45, 7) is 0. The van der Waals surface area contributed by atoms with Crippen LogP contribution in [0.2, 0.25) is 0 Å². The van der Waals surface area contributed by atoms with Crippen LogP contribution < -0.4 is 5.43 Å². The average molecular weight is 230 g/mol. The molecule has 1 aliphatic carbocycles. The van der Waals surface area contributed by atoms with Crippen molar-refractivity contribution in [1.29, 1.82) is 0 Å². The molecule has 0 radical (unpaired) electrons. The second-order valence-electron chi connectivity index (χ2n) is 4.48. The monoisotopic (exact) mass is 230 g/mol. The fourth-order valence-corrected chi connectivity index (χ4v) is 2.17. The van der Waals surface area contributed by atoms with Gasteiger partial charge in [0.15, 0.2) is 0 Å². The summed E-state index contributed by atoms with van der Waals surface area (Å²) in [6, 6.07) is 9.76. The lowest BCUT2D eigenvalue weighted by molar-refractivity contribution is -0.125. The van der Waals surface area contributed by atoms with Crippen LogP contribution in [0.25, 0.3) is 0 Å². The average Bonchev–Trinajstić information content (AvgIpc) is 2.41. The highest BCUT2D eigenvalue weighted by molar-refractivity contribution is 5.83. The third-order valence-corrected chi connectivity index (χ3v) is 3.16. The smallest absolute Gasteiger partial charge is 0.243 e. The van der Waals surface area contributed by atoms with Gasteiger partial charge in [0, 0.05) is 5.92 Å². The number of hydrazone groups is 1. The van der Waals surface area contributed by atoms with Crippen molar-refractivity contribution in [3.05, 3.63) is 35.9 Å². The summed E-state index contributed by atoms with van der Waals surface area (Å²) in [7, 11) is 0. The van der Waals surface area contributed by atoms with Crippen molar-refractivity contribution in [3.63, 3.8) is 0 Å². The molecular weight excluding hydrogens is 212 g/mol. The zero-order valence-corrected chi connectivity index (χ0v) is 9.93. The summed E-state index contributed by atoms with van der Waals surface area (Å²) in [5.74, 6) is 0.230. The van der Waals surface area contributed by atoms with E-state index in [9.17, 15) is 4.79 Å². The Labute approximate surface area is 102 Å². The second kappa shape index (κ2) is 6.18. The normalized spacial score (nSPS) is 17.2. The number of nitrogens with one attached hydrogen (secondary N) is 1. The Bertz CT molecular complexity index is 380. The lowest BCUT2D eigenvalue weighted by Crippen LogP contribution is -2.28. The van der Waals surface area contributed by atoms with Gasteiger partial charge in [-0.15, -0.1) is 0 Å². The lowest BCUT2D eigenvalue weighted by Gasteiger charge is -2.19. The fraction of sp³-hybridized carbons (Fsp3) is 0.429. The minimum Gasteiger partial charge on any atom is -0.273 e. The molecule has 1 N–H and O–H groups in total. The van der Waals surface area contributed by atoms with Gasteiger partial charge in [0.25, 0.3) is 0 Å². The van der Waals surface area contributed by atoms with Crippen LogP contribution in [0.1, 0.15) is 37.7 Å². The van der Waals surface area contributed by atoms with Crippen molar-refractivity contribution < 1.29 is 4.79 Å².